The van der Waals surface area contributed by atoms with Gasteiger partial charge in [0, 0.05) is 12.2 Å². The molecule has 6 nitrogen and oxygen atoms in total. The summed E-state index contributed by atoms with van der Waals surface area (Å²) in [5.41, 5.74) is 2.35. The number of hydrogen-bond acceptors (Lipinski definition) is 6. The SMILES string of the molecule is c1ccc2c(c1)NCCC2c1nc(C2COCCO2)no1. The van der Waals surface area contributed by atoms with Crippen LogP contribution in [0.3, 0.4) is 0 Å². The molecule has 1 saturated heterocycles. The Morgan fingerprint density at radius 3 is 3.05 bits per heavy atom. The van der Waals surface area contributed by atoms with Crippen LogP contribution in [0.1, 0.15) is 35.7 Å². The summed E-state index contributed by atoms with van der Waals surface area (Å²) in [5, 5.41) is 7.47. The molecule has 1 fully saturated rings. The van der Waals surface area contributed by atoms with Crippen LogP contribution in [-0.2, 0) is 9.47 Å². The molecule has 2 aromatic rings. The normalized spacial score (nSPS) is 25.1. The Hall–Kier alpha value is -1.92. The molecular formula is C15H17N3O3. The van der Waals surface area contributed by atoms with Crippen molar-refractivity contribution >= 4 is 5.69 Å². The zero-order valence-electron chi connectivity index (χ0n) is 11.6. The van der Waals surface area contributed by atoms with Gasteiger partial charge in [-0.05, 0) is 18.1 Å². The first-order valence-corrected chi connectivity index (χ1v) is 7.27. The Balaban J connectivity index is 1.61. The molecule has 2 aliphatic heterocycles. The van der Waals surface area contributed by atoms with Gasteiger partial charge in [-0.3, -0.25) is 0 Å². The molecule has 0 saturated carbocycles. The van der Waals surface area contributed by atoms with E-state index in [1.54, 1.807) is 0 Å². The number of hydrogen-bond donors (Lipinski definition) is 1. The summed E-state index contributed by atoms with van der Waals surface area (Å²) in [6.07, 6.45) is 0.730. The van der Waals surface area contributed by atoms with Crippen molar-refractivity contribution in [3.63, 3.8) is 0 Å². The lowest BCUT2D eigenvalue weighted by Gasteiger charge is -2.24. The quantitative estimate of drug-likeness (QED) is 0.912. The predicted octanol–water partition coefficient (Wildman–Crippen LogP) is 2.10. The molecule has 21 heavy (non-hydrogen) atoms. The summed E-state index contributed by atoms with van der Waals surface area (Å²) >= 11 is 0. The summed E-state index contributed by atoms with van der Waals surface area (Å²) in [7, 11) is 0. The Kier molecular flexibility index (Phi) is 3.33. The monoisotopic (exact) mass is 287 g/mol. The Morgan fingerprint density at radius 2 is 2.14 bits per heavy atom. The van der Waals surface area contributed by atoms with Crippen molar-refractivity contribution in [2.45, 2.75) is 18.4 Å². The molecule has 1 aromatic heterocycles. The second-order valence-corrected chi connectivity index (χ2v) is 5.28. The summed E-state index contributed by atoms with van der Waals surface area (Å²) in [6, 6.07) is 8.25. The molecule has 0 spiro atoms. The van der Waals surface area contributed by atoms with E-state index in [-0.39, 0.29) is 12.0 Å². The highest BCUT2D eigenvalue weighted by atomic mass is 16.6. The van der Waals surface area contributed by atoms with E-state index in [2.05, 4.69) is 27.6 Å². The summed E-state index contributed by atoms with van der Waals surface area (Å²) in [4.78, 5) is 4.55. The first kappa shape index (κ1) is 12.8. The van der Waals surface area contributed by atoms with Crippen LogP contribution in [0.2, 0.25) is 0 Å². The maximum atomic E-state index is 5.61. The van der Waals surface area contributed by atoms with Gasteiger partial charge in [0.1, 0.15) is 6.10 Å². The second kappa shape index (κ2) is 5.46. The molecule has 4 rings (SSSR count). The van der Waals surface area contributed by atoms with E-state index in [0.29, 0.717) is 31.5 Å². The number of anilines is 1. The van der Waals surface area contributed by atoms with E-state index in [1.807, 2.05) is 12.1 Å². The number of rotatable bonds is 2. The number of aromatic nitrogens is 2. The van der Waals surface area contributed by atoms with Crippen molar-refractivity contribution in [2.24, 2.45) is 0 Å². The second-order valence-electron chi connectivity index (χ2n) is 5.28. The molecule has 0 radical (unpaired) electrons. The van der Waals surface area contributed by atoms with Gasteiger partial charge in [0.15, 0.2) is 0 Å². The molecular weight excluding hydrogens is 270 g/mol. The number of para-hydroxylation sites is 1. The van der Waals surface area contributed by atoms with Crippen LogP contribution >= 0.6 is 0 Å². The van der Waals surface area contributed by atoms with Crippen LogP contribution in [0.4, 0.5) is 5.69 Å². The fourth-order valence-electron chi connectivity index (χ4n) is 2.88. The highest BCUT2D eigenvalue weighted by Crippen LogP contribution is 2.35. The molecule has 2 unspecified atom stereocenters. The Labute approximate surface area is 122 Å². The fraction of sp³-hybridized carbons (Fsp3) is 0.467. The topological polar surface area (TPSA) is 69.4 Å². The average molecular weight is 287 g/mol. The number of benzene rings is 1. The standard InChI is InChI=1S/C15H17N3O3/c1-2-4-12-10(3-1)11(5-6-16-12)15-17-14(18-21-15)13-9-19-7-8-20-13/h1-4,11,13,16H,5-9H2. The third-order valence-electron chi connectivity index (χ3n) is 3.94. The molecule has 2 aliphatic rings. The zero-order valence-corrected chi connectivity index (χ0v) is 11.6. The molecule has 1 N–H and O–H groups in total. The summed E-state index contributed by atoms with van der Waals surface area (Å²) in [5.74, 6) is 1.39. The van der Waals surface area contributed by atoms with Crippen molar-refractivity contribution in [1.29, 1.82) is 0 Å². The lowest BCUT2D eigenvalue weighted by atomic mass is 9.91. The maximum Gasteiger partial charge on any atom is 0.234 e. The van der Waals surface area contributed by atoms with Crippen molar-refractivity contribution in [1.82, 2.24) is 10.1 Å². The largest absolute Gasteiger partial charge is 0.385 e. The molecule has 0 aliphatic carbocycles. The van der Waals surface area contributed by atoms with Crippen LogP contribution in [0.25, 0.3) is 0 Å². The minimum atomic E-state index is -0.215. The highest BCUT2D eigenvalue weighted by Gasteiger charge is 2.29. The number of fused-ring (bicyclic) bond motifs is 1. The van der Waals surface area contributed by atoms with Gasteiger partial charge in [-0.1, -0.05) is 23.4 Å². The molecule has 0 amide bonds. The van der Waals surface area contributed by atoms with Gasteiger partial charge in [-0.25, -0.2) is 0 Å². The average Bonchev–Trinajstić information content (AvgIpc) is 3.05. The minimum absolute atomic E-state index is 0.146. The zero-order chi connectivity index (χ0) is 14.1. The van der Waals surface area contributed by atoms with Crippen molar-refractivity contribution in [3.8, 4) is 0 Å². The summed E-state index contributed by atoms with van der Waals surface area (Å²) in [6.45, 7) is 2.60. The molecule has 0 bridgehead atoms. The Bertz CT molecular complexity index is 622. The third kappa shape index (κ3) is 2.41. The number of nitrogens with zero attached hydrogens (tertiary/aromatic N) is 2. The van der Waals surface area contributed by atoms with E-state index < -0.39 is 0 Å². The maximum absolute atomic E-state index is 5.61. The predicted molar refractivity (Wildman–Crippen MR) is 75.2 cm³/mol. The van der Waals surface area contributed by atoms with E-state index >= 15 is 0 Å². The molecule has 3 heterocycles. The molecule has 1 aromatic carbocycles. The van der Waals surface area contributed by atoms with E-state index in [0.717, 1.165) is 18.7 Å². The van der Waals surface area contributed by atoms with Gasteiger partial charge in [0.25, 0.3) is 0 Å². The van der Waals surface area contributed by atoms with Gasteiger partial charge in [0.2, 0.25) is 11.7 Å². The molecule has 6 heteroatoms. The third-order valence-corrected chi connectivity index (χ3v) is 3.94. The Morgan fingerprint density at radius 1 is 1.19 bits per heavy atom. The number of nitrogens with one attached hydrogen (secondary N) is 1. The lowest BCUT2D eigenvalue weighted by Crippen LogP contribution is -2.23. The minimum Gasteiger partial charge on any atom is -0.385 e. The highest BCUT2D eigenvalue weighted by molar-refractivity contribution is 5.56. The van der Waals surface area contributed by atoms with Gasteiger partial charge in [-0.15, -0.1) is 0 Å². The van der Waals surface area contributed by atoms with E-state index in [9.17, 15) is 0 Å². The number of ether oxygens (including phenoxy) is 2. The van der Waals surface area contributed by atoms with Gasteiger partial charge in [0.05, 0.1) is 25.7 Å². The summed E-state index contributed by atoms with van der Waals surface area (Å²) < 4.78 is 16.5. The van der Waals surface area contributed by atoms with Gasteiger partial charge < -0.3 is 19.3 Å². The van der Waals surface area contributed by atoms with Crippen LogP contribution in [-0.4, -0.2) is 36.5 Å². The smallest absolute Gasteiger partial charge is 0.234 e. The van der Waals surface area contributed by atoms with E-state index in [1.165, 1.54) is 5.56 Å². The van der Waals surface area contributed by atoms with Crippen molar-refractivity contribution < 1.29 is 14.0 Å². The molecule has 2 atom stereocenters. The first-order chi connectivity index (χ1) is 10.4. The molecule has 110 valence electrons. The van der Waals surface area contributed by atoms with E-state index in [4.69, 9.17) is 14.0 Å². The van der Waals surface area contributed by atoms with Crippen LogP contribution < -0.4 is 5.32 Å². The first-order valence-electron chi connectivity index (χ1n) is 7.27. The van der Waals surface area contributed by atoms with Crippen LogP contribution in [0.5, 0.6) is 0 Å². The van der Waals surface area contributed by atoms with Crippen molar-refractivity contribution in [3.05, 3.63) is 41.5 Å². The fourth-order valence-corrected chi connectivity index (χ4v) is 2.88. The van der Waals surface area contributed by atoms with Crippen LogP contribution in [0.15, 0.2) is 28.8 Å². The van der Waals surface area contributed by atoms with Crippen molar-refractivity contribution in [2.75, 3.05) is 31.7 Å². The van der Waals surface area contributed by atoms with Gasteiger partial charge >= 0.3 is 0 Å². The van der Waals surface area contributed by atoms with Crippen LogP contribution in [0, 0.1) is 0 Å². The van der Waals surface area contributed by atoms with Gasteiger partial charge in [-0.2, -0.15) is 4.98 Å². The lowest BCUT2D eigenvalue weighted by molar-refractivity contribution is -0.0941.